The van der Waals surface area contributed by atoms with E-state index in [9.17, 15) is 0 Å². The van der Waals surface area contributed by atoms with Gasteiger partial charge in [-0.05, 0) is 12.5 Å². The predicted molar refractivity (Wildman–Crippen MR) is 53.9 cm³/mol. The van der Waals surface area contributed by atoms with Crippen LogP contribution in [-0.2, 0) is 0 Å². The van der Waals surface area contributed by atoms with Gasteiger partial charge in [0.05, 0.1) is 6.07 Å². The molecule has 0 bridgehead atoms. The molecule has 0 N–H and O–H groups in total. The molecule has 1 aliphatic heterocycles. The molecule has 1 unspecified atom stereocenters. The van der Waals surface area contributed by atoms with Crippen LogP contribution >= 0.6 is 0 Å². The molecule has 3 heteroatoms. The summed E-state index contributed by atoms with van der Waals surface area (Å²) in [5, 5.41) is 8.66. The molecule has 0 amide bonds. The van der Waals surface area contributed by atoms with Crippen molar-refractivity contribution in [2.75, 3.05) is 0 Å². The minimum Gasteiger partial charge on any atom is -0.255 e. The molecule has 0 radical (unpaired) electrons. The maximum atomic E-state index is 8.66. The Morgan fingerprint density at radius 2 is 2.62 bits per heavy atom. The molecule has 0 saturated carbocycles. The largest absolute Gasteiger partial charge is 0.255 e. The van der Waals surface area contributed by atoms with Crippen molar-refractivity contribution in [1.82, 2.24) is 0 Å². The van der Waals surface area contributed by atoms with Gasteiger partial charge in [-0.15, -0.1) is 0 Å². The second-order valence-corrected chi connectivity index (χ2v) is 2.77. The van der Waals surface area contributed by atoms with E-state index in [2.05, 4.69) is 22.6 Å². The van der Waals surface area contributed by atoms with Crippen LogP contribution < -0.4 is 0 Å². The molecule has 1 rings (SSSR count). The van der Waals surface area contributed by atoms with E-state index in [0.29, 0.717) is 6.42 Å². The predicted octanol–water partition coefficient (Wildman–Crippen LogP) is 1.88. The average molecular weight is 173 g/mol. The van der Waals surface area contributed by atoms with Crippen LogP contribution in [0.1, 0.15) is 13.3 Å². The molecule has 0 fully saturated rings. The van der Waals surface area contributed by atoms with Gasteiger partial charge in [-0.2, -0.15) is 5.26 Å². The fourth-order valence-corrected chi connectivity index (χ4v) is 1.09. The van der Waals surface area contributed by atoms with Gasteiger partial charge in [0.25, 0.3) is 0 Å². The Hall–Kier alpha value is -1.69. The number of nitrogens with zero attached hydrogens (tertiary/aromatic N) is 3. The first-order valence-corrected chi connectivity index (χ1v) is 4.05. The second-order valence-electron chi connectivity index (χ2n) is 2.77. The zero-order valence-corrected chi connectivity index (χ0v) is 7.57. The molecule has 0 aromatic heterocycles. The topological polar surface area (TPSA) is 48.5 Å². The summed E-state index contributed by atoms with van der Waals surface area (Å²) in [5.74, 6) is 0. The maximum Gasteiger partial charge on any atom is 0.143 e. The molecule has 13 heavy (non-hydrogen) atoms. The van der Waals surface area contributed by atoms with Gasteiger partial charge in [0.1, 0.15) is 12.4 Å². The molecule has 0 saturated heterocycles. The van der Waals surface area contributed by atoms with Crippen LogP contribution in [0.25, 0.3) is 0 Å². The average Bonchev–Trinajstić information content (AvgIpc) is 2.18. The van der Waals surface area contributed by atoms with Crippen LogP contribution in [0.4, 0.5) is 0 Å². The van der Waals surface area contributed by atoms with Gasteiger partial charge in [-0.25, -0.2) is 4.99 Å². The Morgan fingerprint density at radius 1 is 1.85 bits per heavy atom. The Labute approximate surface area is 77.8 Å². The van der Waals surface area contributed by atoms with E-state index >= 15 is 0 Å². The Balaban J connectivity index is 2.79. The molecular weight excluding hydrogens is 162 g/mol. The summed E-state index contributed by atoms with van der Waals surface area (Å²) in [4.78, 5) is 8.02. The third-order valence-electron chi connectivity index (χ3n) is 1.82. The van der Waals surface area contributed by atoms with Gasteiger partial charge in [0.15, 0.2) is 0 Å². The Kier molecular flexibility index (Phi) is 3.15. The van der Waals surface area contributed by atoms with Gasteiger partial charge in [0, 0.05) is 12.1 Å². The molecule has 1 aliphatic rings. The van der Waals surface area contributed by atoms with Crippen molar-refractivity contribution >= 4 is 12.1 Å². The highest BCUT2D eigenvalue weighted by Gasteiger charge is 2.13. The number of rotatable bonds is 2. The second kappa shape index (κ2) is 4.36. The van der Waals surface area contributed by atoms with Crippen molar-refractivity contribution in [2.45, 2.75) is 19.4 Å². The van der Waals surface area contributed by atoms with E-state index in [1.165, 1.54) is 6.34 Å². The molecule has 1 heterocycles. The van der Waals surface area contributed by atoms with Gasteiger partial charge >= 0.3 is 0 Å². The lowest BCUT2D eigenvalue weighted by Gasteiger charge is -2.10. The van der Waals surface area contributed by atoms with Crippen LogP contribution in [-0.4, -0.2) is 18.1 Å². The van der Waals surface area contributed by atoms with Gasteiger partial charge in [0.2, 0.25) is 0 Å². The summed E-state index contributed by atoms with van der Waals surface area (Å²) in [7, 11) is 0. The monoisotopic (exact) mass is 173 g/mol. The van der Waals surface area contributed by atoms with Crippen LogP contribution in [0.15, 0.2) is 34.3 Å². The third-order valence-corrected chi connectivity index (χ3v) is 1.82. The lowest BCUT2D eigenvalue weighted by Crippen LogP contribution is -2.15. The van der Waals surface area contributed by atoms with Crippen LogP contribution in [0.3, 0.4) is 0 Å². The first kappa shape index (κ1) is 9.40. The molecule has 1 atom stereocenters. The van der Waals surface area contributed by atoms with Gasteiger partial charge in [-0.3, -0.25) is 4.99 Å². The molecule has 0 spiro atoms. The lowest BCUT2D eigenvalue weighted by atomic mass is 10.0. The fourth-order valence-electron chi connectivity index (χ4n) is 1.09. The van der Waals surface area contributed by atoms with E-state index in [1.807, 2.05) is 13.0 Å². The van der Waals surface area contributed by atoms with Crippen molar-refractivity contribution < 1.29 is 0 Å². The van der Waals surface area contributed by atoms with Crippen LogP contribution in [0.2, 0.25) is 0 Å². The van der Waals surface area contributed by atoms with E-state index in [4.69, 9.17) is 5.26 Å². The number of hydrogen-bond donors (Lipinski definition) is 0. The Bertz CT molecular complexity index is 329. The van der Waals surface area contributed by atoms with Crippen LogP contribution in [0.5, 0.6) is 0 Å². The molecule has 0 aromatic carbocycles. The highest BCUT2D eigenvalue weighted by Crippen LogP contribution is 2.10. The van der Waals surface area contributed by atoms with Crippen molar-refractivity contribution in [2.24, 2.45) is 9.98 Å². The number of aliphatic imine (C=N–C) groups is 2. The minimum atomic E-state index is -0.277. The zero-order chi connectivity index (χ0) is 9.68. The summed E-state index contributed by atoms with van der Waals surface area (Å²) >= 11 is 0. The first-order valence-electron chi connectivity index (χ1n) is 4.05. The highest BCUT2D eigenvalue weighted by molar-refractivity contribution is 6.05. The van der Waals surface area contributed by atoms with E-state index in [-0.39, 0.29) is 6.04 Å². The first-order chi connectivity index (χ1) is 6.27. The Morgan fingerprint density at radius 3 is 3.23 bits per heavy atom. The smallest absolute Gasteiger partial charge is 0.143 e. The molecule has 66 valence electrons. The summed E-state index contributed by atoms with van der Waals surface area (Å²) < 4.78 is 0. The van der Waals surface area contributed by atoms with E-state index < -0.39 is 0 Å². The fraction of sp³-hybridized carbons (Fsp3) is 0.300. The van der Waals surface area contributed by atoms with Crippen molar-refractivity contribution in [3.63, 3.8) is 0 Å². The third kappa shape index (κ3) is 2.38. The summed E-state index contributed by atoms with van der Waals surface area (Å²) in [6.45, 7) is 5.56. The highest BCUT2D eigenvalue weighted by atomic mass is 14.9. The van der Waals surface area contributed by atoms with Crippen molar-refractivity contribution in [1.29, 1.82) is 5.26 Å². The minimum absolute atomic E-state index is 0.277. The van der Waals surface area contributed by atoms with E-state index in [0.717, 1.165) is 11.3 Å². The van der Waals surface area contributed by atoms with Crippen molar-refractivity contribution in [3.8, 4) is 6.07 Å². The molecule has 3 nitrogen and oxygen atoms in total. The number of allylic oxidation sites excluding steroid dienone is 3. The summed E-state index contributed by atoms with van der Waals surface area (Å²) in [6.07, 6.45) is 5.65. The van der Waals surface area contributed by atoms with Gasteiger partial charge in [-0.1, -0.05) is 18.7 Å². The number of hydrogen-bond acceptors (Lipinski definition) is 3. The maximum absolute atomic E-state index is 8.66. The summed E-state index contributed by atoms with van der Waals surface area (Å²) in [5.41, 5.74) is 1.96. The normalized spacial score (nSPS) is 22.0. The van der Waals surface area contributed by atoms with Crippen LogP contribution in [0, 0.1) is 11.3 Å². The molecule has 0 aromatic rings. The standard InChI is InChI=1S/C10H11N3/c1-3-4-8(2)10-5-9(6-11)12-7-13-10/h3-4,7,9H,1,5H2,2H3/b8-4+. The zero-order valence-electron chi connectivity index (χ0n) is 7.57. The number of nitriles is 1. The van der Waals surface area contributed by atoms with Crippen molar-refractivity contribution in [3.05, 3.63) is 24.3 Å². The SMILES string of the molecule is C=C/C=C(\C)C1=NC=NC(C#N)C1. The van der Waals surface area contributed by atoms with E-state index in [1.54, 1.807) is 6.08 Å². The molecular formula is C10H11N3. The lowest BCUT2D eigenvalue weighted by molar-refractivity contribution is 0.865. The quantitative estimate of drug-likeness (QED) is 0.588. The summed E-state index contributed by atoms with van der Waals surface area (Å²) in [6, 6.07) is 1.82. The van der Waals surface area contributed by atoms with Gasteiger partial charge < -0.3 is 0 Å². The molecule has 0 aliphatic carbocycles.